The zero-order valence-corrected chi connectivity index (χ0v) is 28.1. The fraction of sp³-hybridized carbons (Fsp3) is 0.163. The van der Waals surface area contributed by atoms with Crippen molar-refractivity contribution in [3.8, 4) is 0 Å². The van der Waals surface area contributed by atoms with Gasteiger partial charge in [-0.25, -0.2) is 0 Å². The highest BCUT2D eigenvalue weighted by Crippen LogP contribution is 2.59. The Morgan fingerprint density at radius 1 is 0.348 bits per heavy atom. The van der Waals surface area contributed by atoms with Crippen LogP contribution < -0.4 is 31.8 Å². The van der Waals surface area contributed by atoms with Crippen LogP contribution in [-0.4, -0.2) is 24.5 Å². The van der Waals surface area contributed by atoms with Crippen molar-refractivity contribution >= 4 is 46.4 Å². The van der Waals surface area contributed by atoms with E-state index in [1.54, 1.807) is 0 Å². The Labute approximate surface area is 276 Å². The maximum Gasteiger partial charge on any atom is 0.114 e. The molecule has 2 unspecified atom stereocenters. The molecule has 0 N–H and O–H groups in total. The quantitative estimate of drug-likeness (QED) is 0.139. The van der Waals surface area contributed by atoms with Gasteiger partial charge in [-0.3, -0.25) is 0 Å². The molecule has 1 heterocycles. The van der Waals surface area contributed by atoms with Crippen LogP contribution in [0.2, 0.25) is 0 Å². The lowest BCUT2D eigenvalue weighted by molar-refractivity contribution is -0.0251. The fourth-order valence-corrected chi connectivity index (χ4v) is 16.4. The smallest absolute Gasteiger partial charge is 0.114 e. The fourth-order valence-electron chi connectivity index (χ4n) is 7.48. The van der Waals surface area contributed by atoms with Crippen LogP contribution >= 0.6 is 14.5 Å². The van der Waals surface area contributed by atoms with Crippen LogP contribution in [-0.2, 0) is 4.74 Å². The van der Waals surface area contributed by atoms with Crippen LogP contribution in [0, 0.1) is 0 Å². The highest BCUT2D eigenvalue weighted by molar-refractivity contribution is 7.96. The summed E-state index contributed by atoms with van der Waals surface area (Å²) < 4.78 is 7.38. The second-order valence-electron chi connectivity index (χ2n) is 12.3. The van der Waals surface area contributed by atoms with E-state index in [9.17, 15) is 0 Å². The average molecular weight is 637 g/mol. The van der Waals surface area contributed by atoms with Crippen LogP contribution in [0.3, 0.4) is 0 Å². The van der Waals surface area contributed by atoms with Crippen molar-refractivity contribution in [2.45, 2.75) is 31.5 Å². The Balaban J connectivity index is 1.30. The van der Waals surface area contributed by atoms with Crippen molar-refractivity contribution in [1.82, 2.24) is 0 Å². The maximum absolute atomic E-state index is 7.38. The minimum Gasteiger partial charge on any atom is -0.367 e. The molecule has 7 rings (SSSR count). The third-order valence-electron chi connectivity index (χ3n) is 9.57. The molecule has 3 heteroatoms. The molecule has 1 aliphatic rings. The van der Waals surface area contributed by atoms with Gasteiger partial charge in [-0.15, -0.1) is 0 Å². The first-order valence-electron chi connectivity index (χ1n) is 16.5. The molecule has 1 nitrogen and oxygen atoms in total. The summed E-state index contributed by atoms with van der Waals surface area (Å²) in [6, 6.07) is 67.6. The molecule has 6 aromatic rings. The summed E-state index contributed by atoms with van der Waals surface area (Å²) in [6.45, 7) is 0. The molecule has 0 saturated carbocycles. The van der Waals surface area contributed by atoms with Gasteiger partial charge in [-0.05, 0) is 92.1 Å². The molecular weight excluding hydrogens is 594 g/mol. The molecule has 1 saturated heterocycles. The van der Waals surface area contributed by atoms with Crippen molar-refractivity contribution in [2.75, 3.05) is 12.3 Å². The van der Waals surface area contributed by atoms with Gasteiger partial charge in [0.15, 0.2) is 0 Å². The van der Waals surface area contributed by atoms with Crippen LogP contribution in [0.25, 0.3) is 0 Å². The molecule has 228 valence electrons. The zero-order valence-electron chi connectivity index (χ0n) is 26.3. The van der Waals surface area contributed by atoms with E-state index in [1.807, 2.05) is 0 Å². The summed E-state index contributed by atoms with van der Waals surface area (Å²) >= 11 is 0. The first-order valence-corrected chi connectivity index (χ1v) is 20.5. The monoisotopic (exact) mass is 636 g/mol. The van der Waals surface area contributed by atoms with Gasteiger partial charge in [-0.2, -0.15) is 0 Å². The molecule has 2 atom stereocenters. The second-order valence-corrected chi connectivity index (χ2v) is 19.4. The summed E-state index contributed by atoms with van der Waals surface area (Å²) in [5, 5.41) is 8.57. The normalized spacial score (nSPS) is 17.0. The largest absolute Gasteiger partial charge is 0.367 e. The number of ether oxygens (including phenoxy) is 1. The topological polar surface area (TPSA) is 9.23 Å². The van der Waals surface area contributed by atoms with E-state index < -0.39 is 14.5 Å². The molecule has 0 amide bonds. The summed E-state index contributed by atoms with van der Waals surface area (Å²) in [5.74, 6) is 0. The highest BCUT2D eigenvalue weighted by atomic mass is 31.2. The predicted molar refractivity (Wildman–Crippen MR) is 203 cm³/mol. The third-order valence-corrected chi connectivity index (χ3v) is 18.6. The van der Waals surface area contributed by atoms with Crippen LogP contribution in [0.5, 0.6) is 0 Å². The van der Waals surface area contributed by atoms with Gasteiger partial charge in [0.25, 0.3) is 0 Å². The van der Waals surface area contributed by atoms with E-state index in [4.69, 9.17) is 4.74 Å². The first kappa shape index (κ1) is 30.8. The van der Waals surface area contributed by atoms with E-state index in [2.05, 4.69) is 182 Å². The standard InChI is InChI=1S/C43H42OP2/c1-7-22-38(23-8-1)45(39-24-9-2-10-25-39,40-26-11-3-12-27-40)34-36-20-19-21-37(44-36)35-46(41-28-13-4-14-29-41,42-30-15-5-16-31-42)43-32-17-6-18-33-43/h1-18,22-33,36-37H,19-21,34-35H2/q+2. The Kier molecular flexibility index (Phi) is 9.55. The lowest BCUT2D eigenvalue weighted by Gasteiger charge is -2.37. The molecule has 0 spiro atoms. The second kappa shape index (κ2) is 14.3. The molecule has 1 fully saturated rings. The molecular formula is C43H42OP2+2. The van der Waals surface area contributed by atoms with Crippen molar-refractivity contribution in [2.24, 2.45) is 0 Å². The summed E-state index contributed by atoms with van der Waals surface area (Å²) in [7, 11) is -3.98. The van der Waals surface area contributed by atoms with E-state index in [-0.39, 0.29) is 12.2 Å². The van der Waals surface area contributed by atoms with Gasteiger partial charge in [-0.1, -0.05) is 109 Å². The number of hydrogen-bond donors (Lipinski definition) is 0. The van der Waals surface area contributed by atoms with Crippen molar-refractivity contribution in [1.29, 1.82) is 0 Å². The van der Waals surface area contributed by atoms with Crippen LogP contribution in [0.4, 0.5) is 0 Å². The van der Waals surface area contributed by atoms with Gasteiger partial charge in [0.05, 0.1) is 24.5 Å². The minimum atomic E-state index is -1.99. The van der Waals surface area contributed by atoms with Gasteiger partial charge in [0, 0.05) is 0 Å². The number of benzene rings is 6. The Bertz CT molecular complexity index is 1450. The van der Waals surface area contributed by atoms with E-state index >= 15 is 0 Å². The van der Waals surface area contributed by atoms with Gasteiger partial charge >= 0.3 is 0 Å². The Hall–Kier alpha value is -3.86. The van der Waals surface area contributed by atoms with Crippen molar-refractivity contribution in [3.05, 3.63) is 182 Å². The summed E-state index contributed by atoms with van der Waals surface area (Å²) in [6.07, 6.45) is 5.75. The lowest BCUT2D eigenvalue weighted by atomic mass is 10.1. The molecule has 0 aromatic heterocycles. The molecule has 1 aliphatic heterocycles. The van der Waals surface area contributed by atoms with Gasteiger partial charge in [0.2, 0.25) is 0 Å². The van der Waals surface area contributed by atoms with Gasteiger partial charge < -0.3 is 4.74 Å². The Morgan fingerprint density at radius 2 is 0.565 bits per heavy atom. The molecule has 46 heavy (non-hydrogen) atoms. The van der Waals surface area contributed by atoms with E-state index in [0.29, 0.717) is 0 Å². The van der Waals surface area contributed by atoms with Crippen molar-refractivity contribution < 1.29 is 4.74 Å². The van der Waals surface area contributed by atoms with E-state index in [0.717, 1.165) is 25.2 Å². The van der Waals surface area contributed by atoms with Crippen LogP contribution in [0.15, 0.2) is 182 Å². The highest BCUT2D eigenvalue weighted by Gasteiger charge is 2.51. The van der Waals surface area contributed by atoms with E-state index in [1.165, 1.54) is 38.2 Å². The minimum absolute atomic E-state index is 0.178. The zero-order chi connectivity index (χ0) is 31.1. The van der Waals surface area contributed by atoms with Gasteiger partial charge in [0.1, 0.15) is 46.4 Å². The van der Waals surface area contributed by atoms with Crippen molar-refractivity contribution in [3.63, 3.8) is 0 Å². The van der Waals surface area contributed by atoms with Crippen LogP contribution in [0.1, 0.15) is 19.3 Å². The maximum atomic E-state index is 7.38. The molecule has 0 aliphatic carbocycles. The summed E-state index contributed by atoms with van der Waals surface area (Å²) in [4.78, 5) is 0. The predicted octanol–water partition coefficient (Wildman–Crippen LogP) is 7.91. The lowest BCUT2D eigenvalue weighted by Crippen LogP contribution is -2.43. The molecule has 0 radical (unpaired) electrons. The summed E-state index contributed by atoms with van der Waals surface area (Å²) in [5.41, 5.74) is 0. The Morgan fingerprint density at radius 3 is 0.783 bits per heavy atom. The molecule has 0 bridgehead atoms. The SMILES string of the molecule is c1ccc([P+](CC2CCCC(C[P+](c3ccccc3)(c3ccccc3)c3ccccc3)O2)(c2ccccc2)c2ccccc2)cc1. The average Bonchev–Trinajstić information content (AvgIpc) is 3.15. The number of hydrogen-bond acceptors (Lipinski definition) is 1. The number of rotatable bonds is 10. The third kappa shape index (κ3) is 6.13. The first-order chi connectivity index (χ1) is 22.8. The molecule has 6 aromatic carbocycles.